The Labute approximate surface area is 257 Å². The molecular formula is C38H45NO4. The molecule has 2 aromatic rings. The van der Waals surface area contributed by atoms with Gasteiger partial charge in [-0.25, -0.2) is 0 Å². The third kappa shape index (κ3) is 6.13. The van der Waals surface area contributed by atoms with Crippen molar-refractivity contribution in [3.05, 3.63) is 107 Å². The minimum absolute atomic E-state index is 0.119. The van der Waals surface area contributed by atoms with E-state index in [0.717, 1.165) is 52.1 Å². The highest BCUT2D eigenvalue weighted by molar-refractivity contribution is 6.06. The van der Waals surface area contributed by atoms with Crippen LogP contribution < -0.4 is 9.47 Å². The largest absolute Gasteiger partial charge is 0.490 e. The minimum Gasteiger partial charge on any atom is -0.490 e. The molecule has 226 valence electrons. The van der Waals surface area contributed by atoms with Gasteiger partial charge in [0.25, 0.3) is 0 Å². The molecule has 0 aromatic heterocycles. The smallest absolute Gasteiger partial charge is 0.165 e. The Hall–Kier alpha value is -3.86. The van der Waals surface area contributed by atoms with Crippen LogP contribution in [0, 0.1) is 10.8 Å². The summed E-state index contributed by atoms with van der Waals surface area (Å²) in [5.41, 5.74) is 6.21. The highest BCUT2D eigenvalue weighted by Gasteiger charge is 2.49. The average Bonchev–Trinajstić information content (AvgIpc) is 2.93. The molecule has 0 amide bonds. The number of hydrogen-bond acceptors (Lipinski definition) is 5. The van der Waals surface area contributed by atoms with Gasteiger partial charge in [-0.3, -0.25) is 9.59 Å². The van der Waals surface area contributed by atoms with Gasteiger partial charge >= 0.3 is 0 Å². The summed E-state index contributed by atoms with van der Waals surface area (Å²) in [5.74, 6) is 1.05. The van der Waals surface area contributed by atoms with Crippen molar-refractivity contribution < 1.29 is 19.1 Å². The average molecular weight is 580 g/mol. The van der Waals surface area contributed by atoms with Crippen LogP contribution in [0.3, 0.4) is 0 Å². The second kappa shape index (κ2) is 12.0. The van der Waals surface area contributed by atoms with Crippen molar-refractivity contribution >= 4 is 11.6 Å². The first kappa shape index (κ1) is 30.6. The van der Waals surface area contributed by atoms with E-state index in [1.165, 1.54) is 0 Å². The van der Waals surface area contributed by atoms with E-state index in [0.29, 0.717) is 50.5 Å². The minimum atomic E-state index is -0.458. The van der Waals surface area contributed by atoms with Crippen LogP contribution in [-0.2, 0) is 22.6 Å². The van der Waals surface area contributed by atoms with E-state index in [2.05, 4.69) is 64.0 Å². The first-order chi connectivity index (χ1) is 20.5. The highest BCUT2D eigenvalue weighted by Crippen LogP contribution is 2.55. The van der Waals surface area contributed by atoms with Crippen LogP contribution >= 0.6 is 0 Å². The Morgan fingerprint density at radius 3 is 2.00 bits per heavy atom. The number of ether oxygens (including phenoxy) is 2. The Morgan fingerprint density at radius 1 is 0.860 bits per heavy atom. The number of rotatable bonds is 10. The van der Waals surface area contributed by atoms with E-state index < -0.39 is 5.92 Å². The molecule has 0 radical (unpaired) electrons. The summed E-state index contributed by atoms with van der Waals surface area (Å²) >= 11 is 0. The molecule has 0 unspecified atom stereocenters. The van der Waals surface area contributed by atoms with Crippen molar-refractivity contribution in [1.82, 2.24) is 4.90 Å². The topological polar surface area (TPSA) is 55.8 Å². The molecule has 43 heavy (non-hydrogen) atoms. The summed E-state index contributed by atoms with van der Waals surface area (Å²) < 4.78 is 12.2. The van der Waals surface area contributed by atoms with Crippen LogP contribution in [-0.4, -0.2) is 29.7 Å². The molecule has 5 heteroatoms. The van der Waals surface area contributed by atoms with Gasteiger partial charge in [0.1, 0.15) is 6.61 Å². The van der Waals surface area contributed by atoms with E-state index in [1.807, 2.05) is 37.3 Å². The zero-order chi connectivity index (χ0) is 30.9. The lowest BCUT2D eigenvalue weighted by atomic mass is 9.63. The van der Waals surface area contributed by atoms with Crippen LogP contribution in [0.2, 0.25) is 0 Å². The number of nitrogens with zero attached hydrogens (tertiary/aromatic N) is 1. The lowest BCUT2D eigenvalue weighted by Gasteiger charge is -2.49. The Morgan fingerprint density at radius 2 is 1.47 bits per heavy atom. The maximum Gasteiger partial charge on any atom is 0.165 e. The highest BCUT2D eigenvalue weighted by atomic mass is 16.5. The van der Waals surface area contributed by atoms with Crippen molar-refractivity contribution in [3.8, 4) is 11.5 Å². The second-order valence-corrected chi connectivity index (χ2v) is 13.6. The van der Waals surface area contributed by atoms with Gasteiger partial charge in [0, 0.05) is 53.4 Å². The molecular weight excluding hydrogens is 534 g/mol. The second-order valence-electron chi connectivity index (χ2n) is 13.6. The van der Waals surface area contributed by atoms with Crippen LogP contribution in [0.5, 0.6) is 11.5 Å². The van der Waals surface area contributed by atoms with Crippen molar-refractivity contribution in [1.29, 1.82) is 0 Å². The standard InChI is InChI=1S/C38H45NO4/c1-8-14-26-18-27(19-32(42-10-3)36(26)43-17-9-2)33-34-28(20-37(4,5)22-30(34)40)39(24-25-15-12-11-13-16-25)29-21-38(6,7)23-31(41)35(29)33/h8-9,11-13,15-16,18-19,33H,1-2,10,14,17,20-24H2,3-7H3. The van der Waals surface area contributed by atoms with Gasteiger partial charge < -0.3 is 14.4 Å². The molecule has 5 nitrogen and oxygen atoms in total. The number of carbonyl (C=O) groups is 2. The molecule has 0 saturated heterocycles. The Balaban J connectivity index is 1.79. The summed E-state index contributed by atoms with van der Waals surface area (Å²) in [7, 11) is 0. The van der Waals surface area contributed by atoms with Gasteiger partial charge in [-0.2, -0.15) is 0 Å². The molecule has 0 fully saturated rings. The van der Waals surface area contributed by atoms with E-state index in [-0.39, 0.29) is 22.4 Å². The third-order valence-electron chi connectivity index (χ3n) is 8.70. The fourth-order valence-electron chi connectivity index (χ4n) is 7.06. The zero-order valence-electron chi connectivity index (χ0n) is 26.4. The quantitative estimate of drug-likeness (QED) is 0.265. The van der Waals surface area contributed by atoms with Crippen LogP contribution in [0.4, 0.5) is 0 Å². The normalized spacial score (nSPS) is 19.6. The van der Waals surface area contributed by atoms with Crippen molar-refractivity contribution in [2.45, 2.75) is 79.2 Å². The van der Waals surface area contributed by atoms with Crippen molar-refractivity contribution in [2.75, 3.05) is 13.2 Å². The summed E-state index contributed by atoms with van der Waals surface area (Å²) in [4.78, 5) is 30.8. The van der Waals surface area contributed by atoms with Gasteiger partial charge in [0.05, 0.1) is 6.61 Å². The summed E-state index contributed by atoms with van der Waals surface area (Å²) in [6, 6.07) is 14.4. The number of allylic oxidation sites excluding steroid dienone is 5. The van der Waals surface area contributed by atoms with Gasteiger partial charge in [0.2, 0.25) is 0 Å². The fraction of sp³-hybridized carbons (Fsp3) is 0.421. The molecule has 0 N–H and O–H groups in total. The van der Waals surface area contributed by atoms with Crippen LogP contribution in [0.1, 0.15) is 82.9 Å². The first-order valence-electron chi connectivity index (χ1n) is 15.5. The Kier molecular flexibility index (Phi) is 8.56. The maximum absolute atomic E-state index is 14.3. The van der Waals surface area contributed by atoms with Crippen LogP contribution in [0.25, 0.3) is 0 Å². The van der Waals surface area contributed by atoms with E-state index >= 15 is 0 Å². The number of hydrogen-bond donors (Lipinski definition) is 0. The summed E-state index contributed by atoms with van der Waals surface area (Å²) in [5, 5.41) is 0. The molecule has 2 aliphatic carbocycles. The first-order valence-corrected chi connectivity index (χ1v) is 15.5. The lowest BCUT2D eigenvalue weighted by Crippen LogP contribution is -2.44. The van der Waals surface area contributed by atoms with Crippen LogP contribution in [0.15, 0.2) is 90.3 Å². The molecule has 1 heterocycles. The van der Waals surface area contributed by atoms with E-state index in [9.17, 15) is 9.59 Å². The van der Waals surface area contributed by atoms with E-state index in [4.69, 9.17) is 9.47 Å². The van der Waals surface area contributed by atoms with Gasteiger partial charge in [0.15, 0.2) is 23.1 Å². The Bertz CT molecular complexity index is 1450. The molecule has 1 aliphatic heterocycles. The third-order valence-corrected chi connectivity index (χ3v) is 8.70. The SMILES string of the molecule is C=CCOc1c(CC=C)cc(C2C3=C(CC(C)(C)CC3=O)N(Cc3ccccc3)C3=C2C(=O)CC(C)(C)C3)cc1OCC. The maximum atomic E-state index is 14.3. The molecule has 0 saturated carbocycles. The fourth-order valence-corrected chi connectivity index (χ4v) is 7.06. The number of Topliss-reactive ketones (excluding diaryl/α,β-unsaturated/α-hetero) is 2. The molecule has 0 spiro atoms. The molecule has 5 rings (SSSR count). The number of benzene rings is 2. The molecule has 0 bridgehead atoms. The van der Waals surface area contributed by atoms with Gasteiger partial charge in [-0.05, 0) is 54.2 Å². The predicted octanol–water partition coefficient (Wildman–Crippen LogP) is 8.26. The number of ketones is 2. The molecule has 0 atom stereocenters. The summed E-state index contributed by atoms with van der Waals surface area (Å²) in [6.45, 7) is 19.8. The molecule has 2 aromatic carbocycles. The van der Waals surface area contributed by atoms with Gasteiger partial charge in [-0.1, -0.05) is 82.8 Å². The summed E-state index contributed by atoms with van der Waals surface area (Å²) in [6.07, 6.45) is 6.54. The van der Waals surface area contributed by atoms with Gasteiger partial charge in [-0.15, -0.1) is 6.58 Å². The zero-order valence-corrected chi connectivity index (χ0v) is 26.4. The molecule has 3 aliphatic rings. The van der Waals surface area contributed by atoms with E-state index in [1.54, 1.807) is 6.08 Å². The van der Waals surface area contributed by atoms with Crippen molar-refractivity contribution in [2.24, 2.45) is 10.8 Å². The lowest BCUT2D eigenvalue weighted by molar-refractivity contribution is -0.119. The van der Waals surface area contributed by atoms with Crippen molar-refractivity contribution in [3.63, 3.8) is 0 Å². The number of carbonyl (C=O) groups excluding carboxylic acids is 2. The monoisotopic (exact) mass is 579 g/mol. The predicted molar refractivity (Wildman–Crippen MR) is 172 cm³/mol.